The molecule has 168 valence electrons. The highest BCUT2D eigenvalue weighted by atomic mass is 79.9. The van der Waals surface area contributed by atoms with Crippen LogP contribution in [0, 0.1) is 0 Å². The molecule has 0 saturated heterocycles. The predicted octanol–water partition coefficient (Wildman–Crippen LogP) is 6.23. The molecule has 2 aromatic heterocycles. The van der Waals surface area contributed by atoms with E-state index in [-0.39, 0.29) is 17.4 Å². The van der Waals surface area contributed by atoms with Crippen LogP contribution in [0.4, 0.5) is 0 Å². The van der Waals surface area contributed by atoms with E-state index in [0.717, 1.165) is 46.0 Å². The van der Waals surface area contributed by atoms with Gasteiger partial charge in [0.1, 0.15) is 11.3 Å². The lowest BCUT2D eigenvalue weighted by Gasteiger charge is -2.24. The van der Waals surface area contributed by atoms with Crippen molar-refractivity contribution in [1.29, 1.82) is 0 Å². The van der Waals surface area contributed by atoms with Crippen molar-refractivity contribution in [2.45, 2.75) is 38.1 Å². The molecule has 1 saturated carbocycles. The molecule has 0 spiro atoms. The van der Waals surface area contributed by atoms with Gasteiger partial charge in [0.05, 0.1) is 17.5 Å². The van der Waals surface area contributed by atoms with Crippen LogP contribution in [0.25, 0.3) is 22.2 Å². The topological polar surface area (TPSA) is 80.1 Å². The Labute approximate surface area is 202 Å². The first kappa shape index (κ1) is 21.9. The normalized spacial score (nSPS) is 15.6. The lowest BCUT2D eigenvalue weighted by molar-refractivity contribution is 0.350. The molecule has 33 heavy (non-hydrogen) atoms. The molecule has 0 bridgehead atoms. The van der Waals surface area contributed by atoms with Crippen LogP contribution in [0.5, 0.6) is 5.75 Å². The van der Waals surface area contributed by atoms with Crippen molar-refractivity contribution < 1.29 is 9.52 Å². The van der Waals surface area contributed by atoms with Gasteiger partial charge < -0.3 is 14.1 Å². The number of benzene rings is 2. The van der Waals surface area contributed by atoms with E-state index in [1.807, 2.05) is 29.6 Å². The molecule has 8 heteroatoms. The Morgan fingerprint density at radius 1 is 1.12 bits per heavy atom. The van der Waals surface area contributed by atoms with Crippen LogP contribution in [-0.4, -0.2) is 15.9 Å². The molecule has 0 aliphatic heterocycles. The molecule has 4 aromatic rings. The van der Waals surface area contributed by atoms with Crippen molar-refractivity contribution in [3.05, 3.63) is 79.2 Å². The maximum atomic E-state index is 12.9. The molecule has 2 aromatic carbocycles. The molecule has 1 aliphatic carbocycles. The van der Waals surface area contributed by atoms with Gasteiger partial charge in [-0.25, -0.2) is 4.79 Å². The van der Waals surface area contributed by atoms with Gasteiger partial charge in [-0.3, -0.25) is 0 Å². The van der Waals surface area contributed by atoms with E-state index in [0.29, 0.717) is 16.7 Å². The fourth-order valence-corrected chi connectivity index (χ4v) is 5.58. The molecule has 1 N–H and O–H groups in total. The molecule has 0 radical (unpaired) electrons. The van der Waals surface area contributed by atoms with Gasteiger partial charge in [0.2, 0.25) is 4.80 Å². The van der Waals surface area contributed by atoms with Crippen LogP contribution < -0.4 is 10.4 Å². The average molecular weight is 524 g/mol. The van der Waals surface area contributed by atoms with E-state index in [2.05, 4.69) is 30.7 Å². The molecule has 0 atom stereocenters. The third-order valence-corrected chi connectivity index (χ3v) is 7.25. The van der Waals surface area contributed by atoms with Gasteiger partial charge in [-0.05, 0) is 43.2 Å². The average Bonchev–Trinajstić information content (AvgIpc) is 3.25. The Balaban J connectivity index is 1.62. The highest BCUT2D eigenvalue weighted by Crippen LogP contribution is 2.32. The third kappa shape index (κ3) is 4.58. The summed E-state index contributed by atoms with van der Waals surface area (Å²) >= 11 is 4.86. The van der Waals surface area contributed by atoms with E-state index in [9.17, 15) is 9.90 Å². The minimum absolute atomic E-state index is 0.137. The van der Waals surface area contributed by atoms with Crippen LogP contribution in [0.2, 0.25) is 0 Å². The summed E-state index contributed by atoms with van der Waals surface area (Å²) in [4.78, 5) is 13.6. The standard InChI is InChI=1S/C25H22BrN3O3S/c26-18-10-11-22(30)17(12-18)14-27-28-25-29(19-7-2-1-3-8-19)21(15-33-25)20-13-16-6-4-5-9-23(16)32-24(20)31/h4-6,9-15,19,30H,1-3,7-8H2/b27-14+,28-25+. The Morgan fingerprint density at radius 3 is 2.79 bits per heavy atom. The molecule has 0 unspecified atom stereocenters. The van der Waals surface area contributed by atoms with E-state index >= 15 is 0 Å². The first-order valence-corrected chi connectivity index (χ1v) is 12.6. The lowest BCUT2D eigenvalue weighted by Crippen LogP contribution is -2.24. The van der Waals surface area contributed by atoms with Crippen LogP contribution >= 0.6 is 27.3 Å². The van der Waals surface area contributed by atoms with E-state index in [4.69, 9.17) is 4.42 Å². The first-order chi connectivity index (χ1) is 16.1. The Hall–Kier alpha value is -2.97. The summed E-state index contributed by atoms with van der Waals surface area (Å²) in [5.74, 6) is 0.137. The molecule has 6 nitrogen and oxygen atoms in total. The second-order valence-electron chi connectivity index (χ2n) is 8.10. The summed E-state index contributed by atoms with van der Waals surface area (Å²) < 4.78 is 8.59. The molecular weight excluding hydrogens is 502 g/mol. The number of thiazole rings is 1. The summed E-state index contributed by atoms with van der Waals surface area (Å²) in [5.41, 5.74) is 2.14. The number of para-hydroxylation sites is 1. The van der Waals surface area contributed by atoms with Crippen molar-refractivity contribution in [1.82, 2.24) is 4.57 Å². The first-order valence-electron chi connectivity index (χ1n) is 10.9. The van der Waals surface area contributed by atoms with Crippen LogP contribution in [-0.2, 0) is 0 Å². The van der Waals surface area contributed by atoms with Gasteiger partial charge in [-0.2, -0.15) is 5.10 Å². The van der Waals surface area contributed by atoms with Crippen LogP contribution in [0.3, 0.4) is 0 Å². The van der Waals surface area contributed by atoms with Gasteiger partial charge in [0, 0.05) is 26.8 Å². The maximum Gasteiger partial charge on any atom is 0.345 e. The number of halogens is 1. The van der Waals surface area contributed by atoms with Crippen molar-refractivity contribution in [3.8, 4) is 17.0 Å². The highest BCUT2D eigenvalue weighted by Gasteiger charge is 2.22. The van der Waals surface area contributed by atoms with Crippen molar-refractivity contribution >= 4 is 44.5 Å². The summed E-state index contributed by atoms with van der Waals surface area (Å²) in [6, 6.07) is 14.8. The molecular formula is C25H22BrN3O3S. The Bertz CT molecular complexity index is 1460. The summed E-state index contributed by atoms with van der Waals surface area (Å²) in [5, 5.41) is 21.6. The van der Waals surface area contributed by atoms with Gasteiger partial charge in [-0.1, -0.05) is 53.4 Å². The summed E-state index contributed by atoms with van der Waals surface area (Å²) in [6.45, 7) is 0. The lowest BCUT2D eigenvalue weighted by atomic mass is 9.95. The van der Waals surface area contributed by atoms with Crippen LogP contribution in [0.1, 0.15) is 43.7 Å². The van der Waals surface area contributed by atoms with E-state index < -0.39 is 0 Å². The number of nitrogens with zero attached hydrogens (tertiary/aromatic N) is 3. The Morgan fingerprint density at radius 2 is 1.94 bits per heavy atom. The number of rotatable bonds is 4. The minimum Gasteiger partial charge on any atom is -0.507 e. The number of aromatic hydroxyl groups is 1. The third-order valence-electron chi connectivity index (χ3n) is 5.93. The quantitative estimate of drug-likeness (QED) is 0.195. The van der Waals surface area contributed by atoms with Gasteiger partial charge in [-0.15, -0.1) is 16.4 Å². The van der Waals surface area contributed by atoms with Crippen molar-refractivity contribution in [3.63, 3.8) is 0 Å². The van der Waals surface area contributed by atoms with Gasteiger partial charge in [0.15, 0.2) is 0 Å². The molecule has 5 rings (SSSR count). The molecule has 1 aliphatic rings. The number of hydrogen-bond acceptors (Lipinski definition) is 6. The number of phenols is 1. The monoisotopic (exact) mass is 523 g/mol. The van der Waals surface area contributed by atoms with Crippen LogP contribution in [0.15, 0.2) is 77.8 Å². The smallest absolute Gasteiger partial charge is 0.345 e. The zero-order valence-electron chi connectivity index (χ0n) is 17.8. The number of fused-ring (bicyclic) bond motifs is 1. The second kappa shape index (κ2) is 9.49. The van der Waals surface area contributed by atoms with Gasteiger partial charge >= 0.3 is 5.63 Å². The highest BCUT2D eigenvalue weighted by molar-refractivity contribution is 9.10. The zero-order valence-corrected chi connectivity index (χ0v) is 20.2. The summed E-state index contributed by atoms with van der Waals surface area (Å²) in [6.07, 6.45) is 7.12. The van der Waals surface area contributed by atoms with Crippen molar-refractivity contribution in [2.24, 2.45) is 10.2 Å². The molecule has 2 heterocycles. The minimum atomic E-state index is -0.356. The number of phenolic OH excluding ortho intramolecular Hbond substituents is 1. The van der Waals surface area contributed by atoms with E-state index in [1.165, 1.54) is 24.0 Å². The predicted molar refractivity (Wildman–Crippen MR) is 135 cm³/mol. The fourth-order valence-electron chi connectivity index (χ4n) is 4.29. The summed E-state index contributed by atoms with van der Waals surface area (Å²) in [7, 11) is 0. The Kier molecular flexibility index (Phi) is 6.28. The number of aromatic nitrogens is 1. The fraction of sp³-hybridized carbons (Fsp3) is 0.240. The number of hydrogen-bond donors (Lipinski definition) is 1. The largest absolute Gasteiger partial charge is 0.507 e. The van der Waals surface area contributed by atoms with E-state index in [1.54, 1.807) is 24.3 Å². The zero-order chi connectivity index (χ0) is 22.8. The SMILES string of the molecule is O=c1oc2ccccc2cc1-c1cs/c(=N/N=C/c2cc(Br)ccc2O)n1C1CCCCC1. The maximum absolute atomic E-state index is 12.9. The van der Waals surface area contributed by atoms with Gasteiger partial charge in [0.25, 0.3) is 0 Å². The second-order valence-corrected chi connectivity index (χ2v) is 9.85. The molecule has 0 amide bonds. The molecule has 1 fully saturated rings. The van der Waals surface area contributed by atoms with Crippen molar-refractivity contribution in [2.75, 3.05) is 0 Å².